The first kappa shape index (κ1) is 25.3. The number of anilines is 1. The maximum absolute atomic E-state index is 14.3. The lowest BCUT2D eigenvalue weighted by molar-refractivity contribution is -0.154. The molecule has 3 aromatic carbocycles. The van der Waals surface area contributed by atoms with Crippen molar-refractivity contribution in [1.29, 1.82) is 0 Å². The molecule has 186 valence electrons. The summed E-state index contributed by atoms with van der Waals surface area (Å²) in [5.41, 5.74) is 3.06. The molecule has 35 heavy (non-hydrogen) atoms. The molecule has 0 bridgehead atoms. The average Bonchev–Trinajstić information content (AvgIpc) is 2.86. The van der Waals surface area contributed by atoms with Gasteiger partial charge < -0.3 is 10.0 Å². The Labute approximate surface area is 206 Å². The molecule has 0 saturated heterocycles. The molecular formula is C30H35F2NO2. The molecule has 1 N–H and O–H groups in total. The van der Waals surface area contributed by atoms with Crippen molar-refractivity contribution in [2.24, 2.45) is 5.92 Å². The van der Waals surface area contributed by atoms with Gasteiger partial charge in [-0.2, -0.15) is 0 Å². The highest BCUT2D eigenvalue weighted by atomic mass is 19.3. The van der Waals surface area contributed by atoms with E-state index >= 15 is 0 Å². The van der Waals surface area contributed by atoms with Crippen molar-refractivity contribution in [2.45, 2.75) is 70.3 Å². The Morgan fingerprint density at radius 1 is 0.943 bits per heavy atom. The second-order valence-electron chi connectivity index (χ2n) is 9.80. The number of amides is 1. The summed E-state index contributed by atoms with van der Waals surface area (Å²) in [6.45, 7) is 2.59. The van der Waals surface area contributed by atoms with Crippen LogP contribution in [0.5, 0.6) is 0 Å². The Morgan fingerprint density at radius 2 is 1.66 bits per heavy atom. The molecule has 1 saturated carbocycles. The first-order valence-electron chi connectivity index (χ1n) is 12.8. The van der Waals surface area contributed by atoms with Crippen LogP contribution in [0.25, 0.3) is 10.8 Å². The van der Waals surface area contributed by atoms with Gasteiger partial charge in [-0.3, -0.25) is 4.79 Å². The SMILES string of the molecule is CCCCCc1ccc(N(CCc2ccc3ccccc3c2)C(=O)[C@@H]2CC[C@@H](O)C(F)(F)C2)cc1. The molecule has 0 spiro atoms. The predicted molar refractivity (Wildman–Crippen MR) is 138 cm³/mol. The fourth-order valence-electron chi connectivity index (χ4n) is 4.99. The maximum Gasteiger partial charge on any atom is 0.274 e. The van der Waals surface area contributed by atoms with Crippen LogP contribution >= 0.6 is 0 Å². The van der Waals surface area contributed by atoms with Gasteiger partial charge in [0, 0.05) is 24.6 Å². The van der Waals surface area contributed by atoms with E-state index in [0.29, 0.717) is 13.0 Å². The number of alkyl halides is 2. The van der Waals surface area contributed by atoms with E-state index in [1.165, 1.54) is 12.0 Å². The minimum Gasteiger partial charge on any atom is -0.387 e. The second-order valence-corrected chi connectivity index (χ2v) is 9.80. The lowest BCUT2D eigenvalue weighted by Gasteiger charge is -2.35. The average molecular weight is 480 g/mol. The molecule has 0 radical (unpaired) electrons. The van der Waals surface area contributed by atoms with Gasteiger partial charge in [-0.25, -0.2) is 8.78 Å². The summed E-state index contributed by atoms with van der Waals surface area (Å²) in [5.74, 6) is -4.31. The molecule has 0 aliphatic heterocycles. The largest absolute Gasteiger partial charge is 0.387 e. The molecule has 0 heterocycles. The third-order valence-corrected chi connectivity index (χ3v) is 7.16. The number of rotatable bonds is 9. The lowest BCUT2D eigenvalue weighted by atomic mass is 9.83. The molecule has 1 aliphatic rings. The summed E-state index contributed by atoms with van der Waals surface area (Å²) in [4.78, 5) is 15.2. The maximum atomic E-state index is 14.3. The summed E-state index contributed by atoms with van der Waals surface area (Å²) in [6.07, 6.45) is 3.03. The van der Waals surface area contributed by atoms with Gasteiger partial charge in [0.15, 0.2) is 0 Å². The van der Waals surface area contributed by atoms with E-state index in [9.17, 15) is 18.7 Å². The summed E-state index contributed by atoms with van der Waals surface area (Å²) in [7, 11) is 0. The molecular weight excluding hydrogens is 444 g/mol. The molecule has 3 nitrogen and oxygen atoms in total. The van der Waals surface area contributed by atoms with Crippen LogP contribution < -0.4 is 4.90 Å². The number of aliphatic hydroxyl groups excluding tert-OH is 1. The zero-order chi connectivity index (χ0) is 24.8. The number of fused-ring (bicyclic) bond motifs is 1. The molecule has 1 fully saturated rings. The van der Waals surface area contributed by atoms with Crippen molar-refractivity contribution in [3.63, 3.8) is 0 Å². The number of aliphatic hydroxyl groups is 1. The molecule has 1 aliphatic carbocycles. The zero-order valence-corrected chi connectivity index (χ0v) is 20.4. The fourth-order valence-corrected chi connectivity index (χ4v) is 4.99. The van der Waals surface area contributed by atoms with E-state index < -0.39 is 24.4 Å². The minimum absolute atomic E-state index is 0.0573. The van der Waals surface area contributed by atoms with Gasteiger partial charge in [-0.05, 0) is 66.1 Å². The van der Waals surface area contributed by atoms with Crippen molar-refractivity contribution in [3.8, 4) is 0 Å². The smallest absolute Gasteiger partial charge is 0.274 e. The molecule has 4 rings (SSSR count). The van der Waals surface area contributed by atoms with Gasteiger partial charge in [0.25, 0.3) is 5.92 Å². The van der Waals surface area contributed by atoms with Crippen LogP contribution in [-0.4, -0.2) is 29.6 Å². The Kier molecular flexibility index (Phi) is 8.17. The summed E-state index contributed by atoms with van der Waals surface area (Å²) in [6, 6.07) is 22.4. The van der Waals surface area contributed by atoms with Crippen LogP contribution in [-0.2, 0) is 17.6 Å². The number of nitrogens with zero attached hydrogens (tertiary/aromatic N) is 1. The van der Waals surface area contributed by atoms with Gasteiger partial charge in [0.1, 0.15) is 6.10 Å². The minimum atomic E-state index is -3.23. The number of unbranched alkanes of at least 4 members (excludes halogenated alkanes) is 2. The van der Waals surface area contributed by atoms with Crippen molar-refractivity contribution >= 4 is 22.4 Å². The molecule has 5 heteroatoms. The first-order valence-corrected chi connectivity index (χ1v) is 12.8. The molecule has 2 atom stereocenters. The number of hydrogen-bond donors (Lipinski definition) is 1. The standard InChI is InChI=1S/C30H35F2NO2/c1-2-3-4-7-22-11-15-27(16-12-22)33(29(35)26-14-17-28(34)30(31,32)21-26)19-18-23-10-13-24-8-5-6-9-25(24)20-23/h5-6,8-13,15-16,20,26,28,34H,2-4,7,14,17-19,21H2,1H3/t26-,28-/m1/s1. The third kappa shape index (κ3) is 6.26. The van der Waals surface area contributed by atoms with E-state index in [2.05, 4.69) is 37.3 Å². The number of aryl methyl sites for hydroxylation is 1. The van der Waals surface area contributed by atoms with Gasteiger partial charge in [-0.1, -0.05) is 74.4 Å². The number of halogens is 2. The van der Waals surface area contributed by atoms with Gasteiger partial charge in [0.05, 0.1) is 0 Å². The highest BCUT2D eigenvalue weighted by Crippen LogP contribution is 2.38. The number of carbonyl (C=O) groups excluding carboxylic acids is 1. The monoisotopic (exact) mass is 479 g/mol. The number of benzene rings is 3. The fraction of sp³-hybridized carbons (Fsp3) is 0.433. The van der Waals surface area contributed by atoms with Gasteiger partial charge >= 0.3 is 0 Å². The molecule has 1 amide bonds. The van der Waals surface area contributed by atoms with E-state index in [-0.39, 0.29) is 18.7 Å². The van der Waals surface area contributed by atoms with E-state index in [1.807, 2.05) is 36.4 Å². The number of hydrogen-bond acceptors (Lipinski definition) is 2. The topological polar surface area (TPSA) is 40.5 Å². The first-order chi connectivity index (χ1) is 16.9. The van der Waals surface area contributed by atoms with Crippen LogP contribution in [0.15, 0.2) is 66.7 Å². The van der Waals surface area contributed by atoms with E-state index in [1.54, 1.807) is 4.90 Å². The highest BCUT2D eigenvalue weighted by Gasteiger charge is 2.47. The third-order valence-electron chi connectivity index (χ3n) is 7.16. The molecule has 3 aromatic rings. The van der Waals surface area contributed by atoms with Crippen LogP contribution in [0, 0.1) is 5.92 Å². The van der Waals surface area contributed by atoms with Crippen LogP contribution in [0.4, 0.5) is 14.5 Å². The van der Waals surface area contributed by atoms with E-state index in [4.69, 9.17) is 0 Å². The van der Waals surface area contributed by atoms with E-state index in [0.717, 1.165) is 41.3 Å². The molecule has 0 aromatic heterocycles. The quantitative estimate of drug-likeness (QED) is 0.338. The number of carbonyl (C=O) groups is 1. The lowest BCUT2D eigenvalue weighted by Crippen LogP contribution is -2.46. The van der Waals surface area contributed by atoms with Crippen LogP contribution in [0.2, 0.25) is 0 Å². The van der Waals surface area contributed by atoms with Gasteiger partial charge in [0.2, 0.25) is 5.91 Å². The van der Waals surface area contributed by atoms with Crippen LogP contribution in [0.1, 0.15) is 56.6 Å². The Bertz CT molecular complexity index is 1130. The Hall–Kier alpha value is -2.79. The Balaban J connectivity index is 1.54. The van der Waals surface area contributed by atoms with Crippen molar-refractivity contribution in [1.82, 2.24) is 0 Å². The highest BCUT2D eigenvalue weighted by molar-refractivity contribution is 5.95. The second kappa shape index (κ2) is 11.3. The van der Waals surface area contributed by atoms with Crippen molar-refractivity contribution < 1.29 is 18.7 Å². The van der Waals surface area contributed by atoms with Crippen molar-refractivity contribution in [3.05, 3.63) is 77.9 Å². The summed E-state index contributed by atoms with van der Waals surface area (Å²) < 4.78 is 28.5. The summed E-state index contributed by atoms with van der Waals surface area (Å²) in [5, 5.41) is 12.0. The normalized spacial score (nSPS) is 19.5. The Morgan fingerprint density at radius 3 is 2.37 bits per heavy atom. The molecule has 0 unspecified atom stereocenters. The van der Waals surface area contributed by atoms with Gasteiger partial charge in [-0.15, -0.1) is 0 Å². The van der Waals surface area contributed by atoms with Crippen molar-refractivity contribution in [2.75, 3.05) is 11.4 Å². The van der Waals surface area contributed by atoms with Crippen LogP contribution in [0.3, 0.4) is 0 Å². The predicted octanol–water partition coefficient (Wildman–Crippen LogP) is 6.94. The zero-order valence-electron chi connectivity index (χ0n) is 20.4. The summed E-state index contributed by atoms with van der Waals surface area (Å²) >= 11 is 0.